The van der Waals surface area contributed by atoms with Crippen molar-refractivity contribution in [1.82, 2.24) is 5.32 Å². The molecule has 0 radical (unpaired) electrons. The highest BCUT2D eigenvalue weighted by Gasteiger charge is 2.67. The topological polar surface area (TPSA) is 49.3 Å². The fourth-order valence-corrected chi connectivity index (χ4v) is 4.30. The van der Waals surface area contributed by atoms with Crippen molar-refractivity contribution in [3.8, 4) is 0 Å². The van der Waals surface area contributed by atoms with Gasteiger partial charge in [-0.25, -0.2) is 0 Å². The Kier molecular flexibility index (Phi) is 2.69. The number of fused-ring (bicyclic) bond motifs is 5. The van der Waals surface area contributed by atoms with Crippen LogP contribution >= 0.6 is 0 Å². The van der Waals surface area contributed by atoms with E-state index >= 15 is 0 Å². The average Bonchev–Trinajstić information content (AvgIpc) is 2.78. The molecular weight excluding hydrogens is 214 g/mol. The highest BCUT2D eigenvalue weighted by Crippen LogP contribution is 2.69. The number of aliphatic hydroxyl groups excluding tert-OH is 1. The molecule has 3 fully saturated rings. The molecule has 3 aliphatic rings. The molecule has 17 heavy (non-hydrogen) atoms. The number of hydrogen-bond acceptors (Lipinski definition) is 2. The van der Waals surface area contributed by atoms with Gasteiger partial charge in [0.2, 0.25) is 5.91 Å². The van der Waals surface area contributed by atoms with Crippen LogP contribution in [0.4, 0.5) is 0 Å². The highest BCUT2D eigenvalue weighted by atomic mass is 16.3. The molecule has 0 aromatic rings. The summed E-state index contributed by atoms with van der Waals surface area (Å²) in [6.07, 6.45) is 4.11. The standard InChI is InChI=1S/C14H23NO2/c1-7(6-16)8(2)15-14(17)13-11-9-3-4-10(5-9)12(11)13/h7-13,16H,3-6H2,1-2H3,(H,15,17). The van der Waals surface area contributed by atoms with Gasteiger partial charge >= 0.3 is 0 Å². The molecule has 0 spiro atoms. The number of carbonyl (C=O) groups is 1. The number of carbonyl (C=O) groups excluding carboxylic acids is 1. The van der Waals surface area contributed by atoms with Crippen LogP contribution in [0.1, 0.15) is 33.1 Å². The second kappa shape index (κ2) is 3.98. The van der Waals surface area contributed by atoms with Crippen LogP contribution in [0, 0.1) is 35.5 Å². The predicted octanol–water partition coefficient (Wildman–Crippen LogP) is 1.41. The molecule has 3 saturated carbocycles. The van der Waals surface area contributed by atoms with E-state index in [1.807, 2.05) is 13.8 Å². The first-order valence-electron chi connectivity index (χ1n) is 7.04. The monoisotopic (exact) mass is 237 g/mol. The van der Waals surface area contributed by atoms with Crippen molar-refractivity contribution in [2.75, 3.05) is 6.61 Å². The minimum Gasteiger partial charge on any atom is -0.396 e. The molecule has 2 bridgehead atoms. The minimum absolute atomic E-state index is 0.0893. The Labute approximate surface area is 103 Å². The number of hydrogen-bond donors (Lipinski definition) is 2. The first-order valence-corrected chi connectivity index (χ1v) is 7.04. The predicted molar refractivity (Wildman–Crippen MR) is 65.2 cm³/mol. The van der Waals surface area contributed by atoms with E-state index < -0.39 is 0 Å². The normalized spacial score (nSPS) is 45.2. The average molecular weight is 237 g/mol. The van der Waals surface area contributed by atoms with E-state index in [1.54, 1.807) is 0 Å². The van der Waals surface area contributed by atoms with E-state index in [0.29, 0.717) is 17.8 Å². The van der Waals surface area contributed by atoms with Crippen molar-refractivity contribution in [1.29, 1.82) is 0 Å². The fraction of sp³-hybridized carbons (Fsp3) is 0.929. The smallest absolute Gasteiger partial charge is 0.223 e. The van der Waals surface area contributed by atoms with Gasteiger partial charge in [0.25, 0.3) is 0 Å². The summed E-state index contributed by atoms with van der Waals surface area (Å²) in [5, 5.41) is 12.2. The molecule has 3 aliphatic carbocycles. The lowest BCUT2D eigenvalue weighted by molar-refractivity contribution is -0.124. The number of nitrogens with one attached hydrogen (secondary N) is 1. The lowest BCUT2D eigenvalue weighted by Gasteiger charge is -2.20. The minimum atomic E-state index is 0.0893. The van der Waals surface area contributed by atoms with Gasteiger partial charge in [0, 0.05) is 18.6 Å². The molecule has 0 aromatic heterocycles. The molecule has 3 heteroatoms. The molecular formula is C14H23NO2. The Morgan fingerprint density at radius 3 is 2.41 bits per heavy atom. The maximum absolute atomic E-state index is 12.2. The van der Waals surface area contributed by atoms with Crippen molar-refractivity contribution in [2.45, 2.75) is 39.2 Å². The van der Waals surface area contributed by atoms with E-state index in [9.17, 15) is 4.79 Å². The number of amides is 1. The Morgan fingerprint density at radius 2 is 1.88 bits per heavy atom. The van der Waals surface area contributed by atoms with Crippen molar-refractivity contribution in [3.63, 3.8) is 0 Å². The van der Waals surface area contributed by atoms with Crippen LogP contribution < -0.4 is 5.32 Å². The van der Waals surface area contributed by atoms with Gasteiger partial charge in [-0.3, -0.25) is 4.79 Å². The van der Waals surface area contributed by atoms with Gasteiger partial charge < -0.3 is 10.4 Å². The lowest BCUT2D eigenvalue weighted by atomic mass is 10.0. The van der Waals surface area contributed by atoms with Crippen LogP contribution in [0.25, 0.3) is 0 Å². The first-order chi connectivity index (χ1) is 8.13. The number of aliphatic hydroxyl groups is 1. The van der Waals surface area contributed by atoms with Gasteiger partial charge in [-0.05, 0) is 55.8 Å². The summed E-state index contributed by atoms with van der Waals surface area (Å²) in [7, 11) is 0. The van der Waals surface area contributed by atoms with Gasteiger partial charge in [0.15, 0.2) is 0 Å². The van der Waals surface area contributed by atoms with Crippen LogP contribution in [0.15, 0.2) is 0 Å². The van der Waals surface area contributed by atoms with Gasteiger partial charge in [0.05, 0.1) is 0 Å². The highest BCUT2D eigenvalue weighted by molar-refractivity contribution is 5.83. The molecule has 6 unspecified atom stereocenters. The van der Waals surface area contributed by atoms with Crippen molar-refractivity contribution in [3.05, 3.63) is 0 Å². The van der Waals surface area contributed by atoms with E-state index in [0.717, 1.165) is 11.8 Å². The van der Waals surface area contributed by atoms with Crippen LogP contribution in [-0.4, -0.2) is 23.7 Å². The van der Waals surface area contributed by atoms with Crippen LogP contribution in [0.3, 0.4) is 0 Å². The van der Waals surface area contributed by atoms with Crippen LogP contribution in [-0.2, 0) is 4.79 Å². The second-order valence-corrected chi connectivity index (χ2v) is 6.47. The zero-order chi connectivity index (χ0) is 12.2. The van der Waals surface area contributed by atoms with Gasteiger partial charge in [-0.1, -0.05) is 6.92 Å². The largest absolute Gasteiger partial charge is 0.396 e. The van der Waals surface area contributed by atoms with E-state index in [4.69, 9.17) is 5.11 Å². The van der Waals surface area contributed by atoms with Crippen molar-refractivity contribution in [2.24, 2.45) is 35.5 Å². The van der Waals surface area contributed by atoms with E-state index in [1.165, 1.54) is 19.3 Å². The summed E-state index contributed by atoms with van der Waals surface area (Å²) in [5.41, 5.74) is 0. The first kappa shape index (κ1) is 11.5. The van der Waals surface area contributed by atoms with Gasteiger partial charge in [0.1, 0.15) is 0 Å². The molecule has 96 valence electrons. The van der Waals surface area contributed by atoms with Crippen LogP contribution in [0.2, 0.25) is 0 Å². The maximum atomic E-state index is 12.2. The lowest BCUT2D eigenvalue weighted by Crippen LogP contribution is -2.40. The summed E-state index contributed by atoms with van der Waals surface area (Å²) in [5.74, 6) is 3.85. The molecule has 1 amide bonds. The summed E-state index contributed by atoms with van der Waals surface area (Å²) >= 11 is 0. The fourth-order valence-electron chi connectivity index (χ4n) is 4.30. The molecule has 0 saturated heterocycles. The third-order valence-corrected chi connectivity index (χ3v) is 5.55. The van der Waals surface area contributed by atoms with Gasteiger partial charge in [-0.15, -0.1) is 0 Å². The van der Waals surface area contributed by atoms with Crippen molar-refractivity contribution >= 4 is 5.91 Å². The summed E-state index contributed by atoms with van der Waals surface area (Å²) in [4.78, 5) is 12.2. The second-order valence-electron chi connectivity index (χ2n) is 6.47. The Balaban J connectivity index is 1.55. The van der Waals surface area contributed by atoms with Crippen LogP contribution in [0.5, 0.6) is 0 Å². The molecule has 6 atom stereocenters. The Morgan fingerprint density at radius 1 is 1.29 bits per heavy atom. The Bertz CT molecular complexity index is 314. The SMILES string of the molecule is CC(CO)C(C)NC(=O)C1C2C3CCC(C3)C12. The quantitative estimate of drug-likeness (QED) is 0.776. The number of rotatable bonds is 4. The third kappa shape index (κ3) is 1.70. The zero-order valence-electron chi connectivity index (χ0n) is 10.7. The maximum Gasteiger partial charge on any atom is 0.223 e. The zero-order valence-corrected chi connectivity index (χ0v) is 10.7. The molecule has 3 rings (SSSR count). The summed E-state index contributed by atoms with van der Waals surface area (Å²) in [6.45, 7) is 4.11. The van der Waals surface area contributed by atoms with E-state index in [-0.39, 0.29) is 24.5 Å². The molecule has 0 heterocycles. The molecule has 3 nitrogen and oxygen atoms in total. The molecule has 0 aromatic carbocycles. The third-order valence-electron chi connectivity index (χ3n) is 5.55. The molecule has 2 N–H and O–H groups in total. The molecule has 0 aliphatic heterocycles. The summed E-state index contributed by atoms with van der Waals surface area (Å²) in [6, 6.07) is 0.0893. The van der Waals surface area contributed by atoms with E-state index in [2.05, 4.69) is 5.32 Å². The van der Waals surface area contributed by atoms with Crippen molar-refractivity contribution < 1.29 is 9.90 Å². The Hall–Kier alpha value is -0.570. The summed E-state index contributed by atoms with van der Waals surface area (Å²) < 4.78 is 0. The van der Waals surface area contributed by atoms with Gasteiger partial charge in [-0.2, -0.15) is 0 Å².